The number of rotatable bonds is 6. The van der Waals surface area contributed by atoms with E-state index in [-0.39, 0.29) is 22.9 Å². The second kappa shape index (κ2) is 7.84. The topological polar surface area (TPSA) is 82.6 Å². The Morgan fingerprint density at radius 2 is 1.85 bits per heavy atom. The first-order valence-corrected chi connectivity index (χ1v) is 9.50. The fourth-order valence-electron chi connectivity index (χ4n) is 2.47. The third-order valence-electron chi connectivity index (χ3n) is 4.01. The lowest BCUT2D eigenvalue weighted by molar-refractivity contribution is -0.115. The average molecular weight is 376 g/mol. The zero-order valence-electron chi connectivity index (χ0n) is 15.6. The number of benzene rings is 1. The van der Waals surface area contributed by atoms with Crippen molar-refractivity contribution in [2.75, 3.05) is 38.4 Å². The minimum Gasteiger partial charge on any atom is -0.376 e. The number of para-hydroxylation sites is 1. The molecular formula is C18H24N4O3S. The quantitative estimate of drug-likeness (QED) is 0.832. The number of aromatic nitrogens is 1. The molecule has 0 saturated carbocycles. The van der Waals surface area contributed by atoms with E-state index in [1.165, 1.54) is 20.2 Å². The van der Waals surface area contributed by atoms with E-state index in [2.05, 4.69) is 10.3 Å². The van der Waals surface area contributed by atoms with Crippen LogP contribution in [-0.2, 0) is 21.2 Å². The summed E-state index contributed by atoms with van der Waals surface area (Å²) in [6.07, 6.45) is 3.42. The molecule has 0 unspecified atom stereocenters. The van der Waals surface area contributed by atoms with Crippen molar-refractivity contribution in [2.45, 2.75) is 18.2 Å². The van der Waals surface area contributed by atoms with Crippen molar-refractivity contribution in [3.63, 3.8) is 0 Å². The molecule has 8 heteroatoms. The van der Waals surface area contributed by atoms with E-state index in [0.717, 1.165) is 15.4 Å². The first-order chi connectivity index (χ1) is 12.1. The van der Waals surface area contributed by atoms with Gasteiger partial charge in [-0.1, -0.05) is 6.07 Å². The Hall–Kier alpha value is -2.45. The van der Waals surface area contributed by atoms with Gasteiger partial charge in [0.15, 0.2) is 0 Å². The molecule has 1 heterocycles. The highest BCUT2D eigenvalue weighted by atomic mass is 32.2. The number of aryl methyl sites for hydroxylation is 1. The third kappa shape index (κ3) is 4.20. The summed E-state index contributed by atoms with van der Waals surface area (Å²) < 4.78 is 26.5. The Balaban J connectivity index is 2.44. The van der Waals surface area contributed by atoms with Gasteiger partial charge in [-0.3, -0.25) is 9.78 Å². The maximum atomic E-state index is 12.7. The van der Waals surface area contributed by atoms with Crippen molar-refractivity contribution in [3.8, 4) is 0 Å². The largest absolute Gasteiger partial charge is 0.376 e. The molecule has 0 bridgehead atoms. The van der Waals surface area contributed by atoms with E-state index in [1.807, 2.05) is 13.0 Å². The van der Waals surface area contributed by atoms with E-state index in [0.29, 0.717) is 5.69 Å². The van der Waals surface area contributed by atoms with Crippen molar-refractivity contribution < 1.29 is 13.2 Å². The van der Waals surface area contributed by atoms with Crippen LogP contribution in [0, 0.1) is 6.92 Å². The Labute approximate surface area is 154 Å². The predicted octanol–water partition coefficient (Wildman–Crippen LogP) is 1.89. The molecule has 1 aromatic heterocycles. The highest BCUT2D eigenvalue weighted by molar-refractivity contribution is 7.89. The van der Waals surface area contributed by atoms with Crippen LogP contribution >= 0.6 is 0 Å². The lowest BCUT2D eigenvalue weighted by Crippen LogP contribution is -2.26. The molecule has 0 spiro atoms. The van der Waals surface area contributed by atoms with E-state index in [1.54, 1.807) is 43.5 Å². The van der Waals surface area contributed by atoms with Crippen molar-refractivity contribution in [1.29, 1.82) is 0 Å². The van der Waals surface area contributed by atoms with Gasteiger partial charge in [0.2, 0.25) is 15.9 Å². The minimum atomic E-state index is -3.71. The van der Waals surface area contributed by atoms with Gasteiger partial charge >= 0.3 is 0 Å². The van der Waals surface area contributed by atoms with Gasteiger partial charge < -0.3 is 10.2 Å². The summed E-state index contributed by atoms with van der Waals surface area (Å²) in [5.74, 6) is -0.300. The molecule has 1 aromatic carbocycles. The fourth-order valence-corrected chi connectivity index (χ4v) is 3.53. The zero-order chi connectivity index (χ0) is 19.5. The van der Waals surface area contributed by atoms with Gasteiger partial charge in [0.1, 0.15) is 4.90 Å². The van der Waals surface area contributed by atoms with Crippen LogP contribution in [0.1, 0.15) is 11.1 Å². The van der Waals surface area contributed by atoms with Gasteiger partial charge in [0, 0.05) is 40.6 Å². The van der Waals surface area contributed by atoms with Gasteiger partial charge in [0.25, 0.3) is 0 Å². The van der Waals surface area contributed by atoms with Crippen molar-refractivity contribution >= 4 is 27.3 Å². The first-order valence-electron chi connectivity index (χ1n) is 8.06. The summed E-state index contributed by atoms with van der Waals surface area (Å²) in [7, 11) is 2.80. The molecule has 0 aliphatic carbocycles. The summed E-state index contributed by atoms with van der Waals surface area (Å²) in [4.78, 5) is 18.5. The van der Waals surface area contributed by atoms with Crippen LogP contribution in [0.2, 0.25) is 0 Å². The number of amides is 1. The maximum absolute atomic E-state index is 12.7. The van der Waals surface area contributed by atoms with E-state index in [4.69, 9.17) is 0 Å². The molecule has 0 fully saturated rings. The van der Waals surface area contributed by atoms with Gasteiger partial charge in [-0.25, -0.2) is 12.7 Å². The maximum Gasteiger partial charge on any atom is 0.244 e. The molecule has 7 nitrogen and oxygen atoms in total. The van der Waals surface area contributed by atoms with Gasteiger partial charge in [0.05, 0.1) is 17.8 Å². The predicted molar refractivity (Wildman–Crippen MR) is 103 cm³/mol. The molecule has 2 aromatic rings. The summed E-state index contributed by atoms with van der Waals surface area (Å²) in [6.45, 7) is 1.90. The molecule has 1 amide bonds. The molecule has 26 heavy (non-hydrogen) atoms. The number of nitrogens with zero attached hydrogens (tertiary/aromatic N) is 3. The molecule has 140 valence electrons. The molecule has 2 rings (SSSR count). The number of carbonyl (C=O) groups is 1. The Bertz CT molecular complexity index is 908. The number of pyridine rings is 1. The Morgan fingerprint density at radius 3 is 2.42 bits per heavy atom. The van der Waals surface area contributed by atoms with Crippen LogP contribution < -0.4 is 10.2 Å². The number of anilines is 2. The number of carbonyl (C=O) groups excluding carboxylic acids is 1. The normalized spacial score (nSPS) is 11.5. The van der Waals surface area contributed by atoms with Gasteiger partial charge in [-0.15, -0.1) is 0 Å². The standard InChI is InChI=1S/C18H24N4O3S/c1-13-9-10-19-12-14(13)11-17(23)20-18-15(21(2)3)7-6-8-16(18)26(24,25)22(4)5/h6-10,12H,11H2,1-5H3,(H,20,23). The van der Waals surface area contributed by atoms with Crippen molar-refractivity contribution in [3.05, 3.63) is 47.8 Å². The molecule has 1 N–H and O–H groups in total. The van der Waals surface area contributed by atoms with Crippen LogP contribution in [0.25, 0.3) is 0 Å². The van der Waals surface area contributed by atoms with Crippen LogP contribution in [0.3, 0.4) is 0 Å². The lowest BCUT2D eigenvalue weighted by Gasteiger charge is -2.22. The summed E-state index contributed by atoms with van der Waals surface area (Å²) in [5, 5.41) is 2.78. The molecule has 0 saturated heterocycles. The molecule has 0 aliphatic rings. The van der Waals surface area contributed by atoms with E-state index < -0.39 is 10.0 Å². The number of hydrogen-bond donors (Lipinski definition) is 1. The van der Waals surface area contributed by atoms with Crippen molar-refractivity contribution in [2.24, 2.45) is 0 Å². The van der Waals surface area contributed by atoms with E-state index in [9.17, 15) is 13.2 Å². The molecule has 0 aliphatic heterocycles. The highest BCUT2D eigenvalue weighted by Crippen LogP contribution is 2.33. The van der Waals surface area contributed by atoms with Crippen LogP contribution in [0.4, 0.5) is 11.4 Å². The van der Waals surface area contributed by atoms with Gasteiger partial charge in [-0.2, -0.15) is 0 Å². The average Bonchev–Trinajstić information content (AvgIpc) is 2.56. The lowest BCUT2D eigenvalue weighted by atomic mass is 10.1. The van der Waals surface area contributed by atoms with E-state index >= 15 is 0 Å². The number of sulfonamides is 1. The smallest absolute Gasteiger partial charge is 0.244 e. The fraction of sp³-hybridized carbons (Fsp3) is 0.333. The van der Waals surface area contributed by atoms with Crippen LogP contribution in [0.15, 0.2) is 41.6 Å². The van der Waals surface area contributed by atoms with Gasteiger partial charge in [-0.05, 0) is 36.2 Å². The molecular weight excluding hydrogens is 352 g/mol. The Kier molecular flexibility index (Phi) is 5.99. The molecule has 0 atom stereocenters. The number of hydrogen-bond acceptors (Lipinski definition) is 5. The monoisotopic (exact) mass is 376 g/mol. The van der Waals surface area contributed by atoms with Crippen molar-refractivity contribution in [1.82, 2.24) is 9.29 Å². The van der Waals surface area contributed by atoms with Crippen LogP contribution in [0.5, 0.6) is 0 Å². The second-order valence-corrected chi connectivity index (χ2v) is 8.48. The second-order valence-electron chi connectivity index (χ2n) is 6.36. The molecule has 0 radical (unpaired) electrons. The summed E-state index contributed by atoms with van der Waals surface area (Å²) >= 11 is 0. The van der Waals surface area contributed by atoms with Crippen LogP contribution in [-0.4, -0.2) is 51.8 Å². The zero-order valence-corrected chi connectivity index (χ0v) is 16.5. The Morgan fingerprint density at radius 1 is 1.15 bits per heavy atom. The summed E-state index contributed by atoms with van der Waals surface area (Å²) in [6, 6.07) is 6.75. The minimum absolute atomic E-state index is 0.0601. The highest BCUT2D eigenvalue weighted by Gasteiger charge is 2.25. The summed E-state index contributed by atoms with van der Waals surface area (Å²) in [5.41, 5.74) is 2.64. The first kappa shape index (κ1) is 19.9. The SMILES string of the molecule is Cc1ccncc1CC(=O)Nc1c(N(C)C)cccc1S(=O)(=O)N(C)C. The third-order valence-corrected chi connectivity index (χ3v) is 5.87. The number of nitrogens with one attached hydrogen (secondary N) is 1.